The summed E-state index contributed by atoms with van der Waals surface area (Å²) in [7, 11) is 0. The van der Waals surface area contributed by atoms with Crippen molar-refractivity contribution in [3.8, 4) is 0 Å². The van der Waals surface area contributed by atoms with E-state index in [9.17, 15) is 9.59 Å². The highest BCUT2D eigenvalue weighted by atomic mass is 16.2. The Morgan fingerprint density at radius 1 is 0.958 bits per heavy atom. The molecule has 0 aliphatic carbocycles. The van der Waals surface area contributed by atoms with Gasteiger partial charge in [-0.05, 0) is 37.0 Å². The fourth-order valence-corrected chi connectivity index (χ4v) is 2.83. The van der Waals surface area contributed by atoms with E-state index in [0.717, 1.165) is 18.4 Å². The maximum Gasteiger partial charge on any atom is 0.317 e. The summed E-state index contributed by atoms with van der Waals surface area (Å²) in [5.74, 6) is 0.0608. The van der Waals surface area contributed by atoms with Crippen molar-refractivity contribution in [1.29, 1.82) is 0 Å². The molecule has 3 amide bonds. The first-order chi connectivity index (χ1) is 11.7. The number of carbonyl (C=O) groups excluding carboxylic acids is 2. The van der Waals surface area contributed by atoms with E-state index in [-0.39, 0.29) is 11.9 Å². The number of urea groups is 1. The van der Waals surface area contributed by atoms with Gasteiger partial charge in [-0.25, -0.2) is 4.79 Å². The van der Waals surface area contributed by atoms with Crippen molar-refractivity contribution in [2.45, 2.75) is 39.5 Å². The lowest BCUT2D eigenvalue weighted by Gasteiger charge is -2.34. The summed E-state index contributed by atoms with van der Waals surface area (Å²) in [6.45, 7) is 7.28. The monoisotopic (exact) mass is 331 g/mol. The zero-order valence-electron chi connectivity index (χ0n) is 14.9. The predicted octanol–water partition coefficient (Wildman–Crippen LogP) is 2.91. The van der Waals surface area contributed by atoms with Crippen molar-refractivity contribution in [1.82, 2.24) is 15.1 Å². The number of rotatable bonds is 6. The Morgan fingerprint density at radius 2 is 1.58 bits per heavy atom. The molecule has 0 unspecified atom stereocenters. The summed E-state index contributed by atoms with van der Waals surface area (Å²) in [5, 5.41) is 2.88. The average Bonchev–Trinajstić information content (AvgIpc) is 2.64. The van der Waals surface area contributed by atoms with Crippen LogP contribution in [0.15, 0.2) is 24.3 Å². The van der Waals surface area contributed by atoms with Gasteiger partial charge in [-0.2, -0.15) is 0 Å². The molecule has 1 aromatic carbocycles. The van der Waals surface area contributed by atoms with Gasteiger partial charge in [-0.3, -0.25) is 4.79 Å². The molecule has 132 valence electrons. The Morgan fingerprint density at radius 3 is 2.17 bits per heavy atom. The molecule has 0 bridgehead atoms. The van der Waals surface area contributed by atoms with E-state index < -0.39 is 0 Å². The predicted molar refractivity (Wildman–Crippen MR) is 96.2 cm³/mol. The van der Waals surface area contributed by atoms with Crippen LogP contribution in [0.1, 0.15) is 49.0 Å². The molecule has 0 saturated carbocycles. The van der Waals surface area contributed by atoms with Crippen LogP contribution in [0.3, 0.4) is 0 Å². The van der Waals surface area contributed by atoms with Gasteiger partial charge in [0.05, 0.1) is 0 Å². The van der Waals surface area contributed by atoms with Crippen molar-refractivity contribution in [2.24, 2.45) is 0 Å². The number of nitrogens with zero attached hydrogens (tertiary/aromatic N) is 2. The third-order valence-corrected chi connectivity index (χ3v) is 4.40. The molecule has 0 spiro atoms. The minimum absolute atomic E-state index is 0.0239. The van der Waals surface area contributed by atoms with Crippen molar-refractivity contribution >= 4 is 11.9 Å². The maximum absolute atomic E-state index is 12.6. The summed E-state index contributed by atoms with van der Waals surface area (Å²) in [4.78, 5) is 28.1. The van der Waals surface area contributed by atoms with Gasteiger partial charge in [0, 0.05) is 38.3 Å². The second-order valence-corrected chi connectivity index (χ2v) is 6.31. The van der Waals surface area contributed by atoms with E-state index in [1.165, 1.54) is 18.4 Å². The molecule has 1 aromatic rings. The van der Waals surface area contributed by atoms with Gasteiger partial charge in [-0.15, -0.1) is 0 Å². The van der Waals surface area contributed by atoms with Crippen LogP contribution in [-0.4, -0.2) is 54.5 Å². The number of piperazine rings is 1. The molecular weight excluding hydrogens is 302 g/mol. The van der Waals surface area contributed by atoms with Crippen molar-refractivity contribution < 1.29 is 9.59 Å². The summed E-state index contributed by atoms with van der Waals surface area (Å²) in [6, 6.07) is 7.93. The van der Waals surface area contributed by atoms with E-state index >= 15 is 0 Å². The summed E-state index contributed by atoms with van der Waals surface area (Å²) in [5.41, 5.74) is 2.02. The molecule has 0 aromatic heterocycles. The third-order valence-electron chi connectivity index (χ3n) is 4.40. The van der Waals surface area contributed by atoms with E-state index in [0.29, 0.717) is 32.7 Å². The molecule has 0 radical (unpaired) electrons. The number of nitrogens with one attached hydrogen (secondary N) is 1. The average molecular weight is 331 g/mol. The van der Waals surface area contributed by atoms with E-state index in [2.05, 4.69) is 24.4 Å². The molecule has 1 aliphatic rings. The minimum atomic E-state index is -0.0239. The van der Waals surface area contributed by atoms with Crippen molar-refractivity contribution in [3.63, 3.8) is 0 Å². The largest absolute Gasteiger partial charge is 0.338 e. The number of hydrogen-bond donors (Lipinski definition) is 1. The Labute approximate surface area is 145 Å². The number of aryl methyl sites for hydroxylation is 1. The fraction of sp³-hybridized carbons (Fsp3) is 0.579. The van der Waals surface area contributed by atoms with Crippen LogP contribution >= 0.6 is 0 Å². The lowest BCUT2D eigenvalue weighted by atomic mass is 10.1. The molecule has 24 heavy (non-hydrogen) atoms. The third kappa shape index (κ3) is 4.98. The summed E-state index contributed by atoms with van der Waals surface area (Å²) in [6.07, 6.45) is 4.35. The Kier molecular flexibility index (Phi) is 7.09. The van der Waals surface area contributed by atoms with Gasteiger partial charge in [0.15, 0.2) is 0 Å². The van der Waals surface area contributed by atoms with Crippen LogP contribution in [0.25, 0.3) is 0 Å². The molecule has 1 aliphatic heterocycles. The quantitative estimate of drug-likeness (QED) is 0.871. The SMILES string of the molecule is CCCCc1ccc(C(=O)N2CCN(C(=O)NCCC)CC2)cc1. The van der Waals surface area contributed by atoms with Crippen LogP contribution < -0.4 is 5.32 Å². The van der Waals surface area contributed by atoms with Crippen LogP contribution in [0, 0.1) is 0 Å². The zero-order valence-corrected chi connectivity index (χ0v) is 14.9. The summed E-state index contributed by atoms with van der Waals surface area (Å²) < 4.78 is 0. The van der Waals surface area contributed by atoms with Gasteiger partial charge < -0.3 is 15.1 Å². The normalized spacial score (nSPS) is 14.6. The summed E-state index contributed by atoms with van der Waals surface area (Å²) >= 11 is 0. The molecule has 1 heterocycles. The number of benzene rings is 1. The van der Waals surface area contributed by atoms with Crippen LogP contribution in [0.5, 0.6) is 0 Å². The lowest BCUT2D eigenvalue weighted by molar-refractivity contribution is 0.0665. The first-order valence-electron chi connectivity index (χ1n) is 9.06. The number of amides is 3. The highest BCUT2D eigenvalue weighted by Gasteiger charge is 2.24. The topological polar surface area (TPSA) is 52.7 Å². The van der Waals surface area contributed by atoms with E-state index in [4.69, 9.17) is 0 Å². The number of carbonyl (C=O) groups is 2. The Balaban J connectivity index is 1.85. The fourth-order valence-electron chi connectivity index (χ4n) is 2.83. The minimum Gasteiger partial charge on any atom is -0.338 e. The standard InChI is InChI=1S/C19H29N3O2/c1-3-5-6-16-7-9-17(10-8-16)18(23)21-12-14-22(15-13-21)19(24)20-11-4-2/h7-10H,3-6,11-15H2,1-2H3,(H,20,24). The molecule has 5 nitrogen and oxygen atoms in total. The van der Waals surface area contributed by atoms with Crippen LogP contribution in [-0.2, 0) is 6.42 Å². The Hall–Kier alpha value is -2.04. The van der Waals surface area contributed by atoms with Gasteiger partial charge in [-0.1, -0.05) is 32.4 Å². The molecular formula is C19H29N3O2. The van der Waals surface area contributed by atoms with Crippen molar-refractivity contribution in [3.05, 3.63) is 35.4 Å². The van der Waals surface area contributed by atoms with Crippen LogP contribution in [0.2, 0.25) is 0 Å². The molecule has 2 rings (SSSR count). The lowest BCUT2D eigenvalue weighted by Crippen LogP contribution is -2.53. The molecule has 0 atom stereocenters. The van der Waals surface area contributed by atoms with E-state index in [1.54, 1.807) is 4.90 Å². The van der Waals surface area contributed by atoms with E-state index in [1.807, 2.05) is 24.0 Å². The van der Waals surface area contributed by atoms with Gasteiger partial charge >= 0.3 is 6.03 Å². The van der Waals surface area contributed by atoms with Gasteiger partial charge in [0.1, 0.15) is 0 Å². The second-order valence-electron chi connectivity index (χ2n) is 6.31. The number of unbranched alkanes of at least 4 members (excludes halogenated alkanes) is 1. The van der Waals surface area contributed by atoms with Gasteiger partial charge in [0.25, 0.3) is 5.91 Å². The molecule has 5 heteroatoms. The molecule has 1 fully saturated rings. The molecule has 1 saturated heterocycles. The highest BCUT2D eigenvalue weighted by Crippen LogP contribution is 2.12. The first kappa shape index (κ1) is 18.3. The first-order valence-corrected chi connectivity index (χ1v) is 9.06. The van der Waals surface area contributed by atoms with Crippen LogP contribution in [0.4, 0.5) is 4.79 Å². The maximum atomic E-state index is 12.6. The Bertz CT molecular complexity index is 534. The second kappa shape index (κ2) is 9.30. The smallest absolute Gasteiger partial charge is 0.317 e. The number of hydrogen-bond acceptors (Lipinski definition) is 2. The molecule has 1 N–H and O–H groups in total. The van der Waals surface area contributed by atoms with Gasteiger partial charge in [0.2, 0.25) is 0 Å². The zero-order chi connectivity index (χ0) is 17.4. The van der Waals surface area contributed by atoms with Crippen molar-refractivity contribution in [2.75, 3.05) is 32.7 Å². The highest BCUT2D eigenvalue weighted by molar-refractivity contribution is 5.94.